The maximum atomic E-state index is 11.0. The molecule has 0 saturated carbocycles. The second-order valence-corrected chi connectivity index (χ2v) is 8.08. The number of benzene rings is 1. The summed E-state index contributed by atoms with van der Waals surface area (Å²) < 4.78 is 16.4. The Morgan fingerprint density at radius 2 is 2.10 bits per heavy atom. The maximum absolute atomic E-state index is 11.0. The topological polar surface area (TPSA) is 65.0 Å². The van der Waals surface area contributed by atoms with Crippen LogP contribution in [0, 0.1) is 41.3 Å². The summed E-state index contributed by atoms with van der Waals surface area (Å²) in [6.45, 7) is 7.31. The Morgan fingerprint density at radius 3 is 2.76 bits per heavy atom. The van der Waals surface area contributed by atoms with Crippen LogP contribution in [0.25, 0.3) is 0 Å². The van der Waals surface area contributed by atoms with Crippen LogP contribution in [0.4, 0.5) is 0 Å². The number of phenolic OH excluding ortho intramolecular Hbond substituents is 1. The number of allylic oxidation sites excluding steroid dienone is 2. The summed E-state index contributed by atoms with van der Waals surface area (Å²) >= 11 is 0. The normalized spacial score (nSPS) is 17.5. The number of carbonyl (C=O) groups is 1. The molecule has 1 aromatic rings. The monoisotopic (exact) mass is 549 g/mol. The standard InChI is InChI=1S/C22H33O5P.Pr/c1-5-6-7-10-18-13-20(24)22(19-11-8-9-15(2)12-19)21(14-18)27-28-26-17(4)25-16(3)23;/h12-14,17,19,24,28H,5-11H2,1-4H3;. The molecule has 1 aromatic carbocycles. The summed E-state index contributed by atoms with van der Waals surface area (Å²) in [7, 11) is -0.320. The van der Waals surface area contributed by atoms with Gasteiger partial charge in [-0.3, -0.25) is 9.32 Å². The molecular weight excluding hydrogens is 516 g/mol. The smallest absolute Gasteiger partial charge is 0.304 e. The number of phenols is 1. The Hall–Kier alpha value is -0.216. The van der Waals surface area contributed by atoms with Crippen molar-refractivity contribution in [2.45, 2.75) is 84.8 Å². The fourth-order valence-electron chi connectivity index (χ4n) is 3.58. The number of unbranched alkanes of at least 4 members (excludes halogenated alkanes) is 2. The molecule has 1 radical (unpaired) electrons. The minimum absolute atomic E-state index is 0. The molecular formula is C22H33O5PPr. The van der Waals surface area contributed by atoms with Crippen molar-refractivity contribution in [3.05, 3.63) is 34.9 Å². The van der Waals surface area contributed by atoms with E-state index in [1.165, 1.54) is 12.5 Å². The molecule has 0 fully saturated rings. The van der Waals surface area contributed by atoms with Crippen molar-refractivity contribution in [2.75, 3.05) is 0 Å². The zero-order chi connectivity index (χ0) is 20.5. The van der Waals surface area contributed by atoms with E-state index >= 15 is 0 Å². The molecule has 2 rings (SSSR count). The number of rotatable bonds is 10. The van der Waals surface area contributed by atoms with Crippen LogP contribution in [0.3, 0.4) is 0 Å². The van der Waals surface area contributed by atoms with Crippen molar-refractivity contribution < 1.29 is 65.0 Å². The van der Waals surface area contributed by atoms with Crippen LogP contribution in [-0.2, 0) is 20.5 Å². The third-order valence-electron chi connectivity index (χ3n) is 4.89. The molecule has 1 aliphatic carbocycles. The summed E-state index contributed by atoms with van der Waals surface area (Å²) in [5.41, 5.74) is 3.24. The molecule has 29 heavy (non-hydrogen) atoms. The first-order chi connectivity index (χ1) is 13.4. The predicted molar refractivity (Wildman–Crippen MR) is 113 cm³/mol. The second kappa shape index (κ2) is 14.0. The summed E-state index contributed by atoms with van der Waals surface area (Å²) in [5, 5.41) is 10.8. The third kappa shape index (κ3) is 9.21. The van der Waals surface area contributed by atoms with Crippen LogP contribution in [0.2, 0.25) is 0 Å². The molecule has 1 N–H and O–H groups in total. The first-order valence-corrected chi connectivity index (χ1v) is 11.0. The summed E-state index contributed by atoms with van der Waals surface area (Å²) in [4.78, 5) is 11.0. The van der Waals surface area contributed by atoms with Crippen LogP contribution in [0.5, 0.6) is 11.5 Å². The van der Waals surface area contributed by atoms with Crippen molar-refractivity contribution in [1.82, 2.24) is 0 Å². The molecule has 0 spiro atoms. The number of aromatic hydroxyl groups is 1. The molecule has 1 aliphatic rings. The summed E-state index contributed by atoms with van der Waals surface area (Å²) in [6.07, 6.45) is 9.07. The van der Waals surface area contributed by atoms with Crippen LogP contribution in [0.15, 0.2) is 23.8 Å². The van der Waals surface area contributed by atoms with Crippen LogP contribution in [-0.4, -0.2) is 17.4 Å². The van der Waals surface area contributed by atoms with E-state index in [1.54, 1.807) is 6.92 Å². The van der Waals surface area contributed by atoms with Gasteiger partial charge in [0.25, 0.3) is 0 Å². The number of hydrogen-bond acceptors (Lipinski definition) is 5. The SMILES string of the molecule is CCCCCc1cc(O)c(C2C=C(C)CCC2)c(OPOC(C)OC(C)=O)c1.[Pr]. The van der Waals surface area contributed by atoms with E-state index in [0.29, 0.717) is 5.75 Å². The van der Waals surface area contributed by atoms with Crippen molar-refractivity contribution in [1.29, 1.82) is 0 Å². The molecule has 0 aliphatic heterocycles. The first-order valence-electron chi connectivity index (χ1n) is 10.2. The molecule has 5 nitrogen and oxygen atoms in total. The van der Waals surface area contributed by atoms with Crippen molar-refractivity contribution >= 4 is 15.0 Å². The molecule has 0 aromatic heterocycles. The summed E-state index contributed by atoms with van der Waals surface area (Å²) in [5.74, 6) is 0.703. The van der Waals surface area contributed by atoms with E-state index in [4.69, 9.17) is 13.8 Å². The van der Waals surface area contributed by atoms with Gasteiger partial charge in [-0.25, -0.2) is 0 Å². The Morgan fingerprint density at radius 1 is 1.34 bits per heavy atom. The molecule has 0 amide bonds. The van der Waals surface area contributed by atoms with Gasteiger partial charge >= 0.3 is 5.97 Å². The molecule has 0 bridgehead atoms. The molecule has 3 unspecified atom stereocenters. The quantitative estimate of drug-likeness (QED) is 0.125. The van der Waals surface area contributed by atoms with E-state index in [1.807, 2.05) is 12.1 Å². The second-order valence-electron chi connectivity index (χ2n) is 7.48. The molecule has 0 saturated heterocycles. The van der Waals surface area contributed by atoms with E-state index < -0.39 is 12.3 Å². The molecule has 0 heterocycles. The Balaban J connectivity index is 0.00000420. The largest absolute Gasteiger partial charge is 0.507 e. The minimum Gasteiger partial charge on any atom is -0.507 e. The summed E-state index contributed by atoms with van der Waals surface area (Å²) in [6, 6.07) is 3.90. The third-order valence-corrected chi connectivity index (χ3v) is 5.62. The average Bonchev–Trinajstić information content (AvgIpc) is 2.61. The van der Waals surface area contributed by atoms with Gasteiger partial charge in [0.15, 0.2) is 0 Å². The number of carbonyl (C=O) groups excluding carboxylic acids is 1. The first kappa shape index (κ1) is 26.8. The fraction of sp³-hybridized carbons (Fsp3) is 0.591. The van der Waals surface area contributed by atoms with Gasteiger partial charge in [0.05, 0.1) is 0 Å². The molecule has 7 heteroatoms. The number of ether oxygens (including phenoxy) is 1. The van der Waals surface area contributed by atoms with Gasteiger partial charge < -0.3 is 14.4 Å². The van der Waals surface area contributed by atoms with Gasteiger partial charge in [0, 0.05) is 59.7 Å². The van der Waals surface area contributed by atoms with Crippen molar-refractivity contribution in [2.24, 2.45) is 0 Å². The van der Waals surface area contributed by atoms with Crippen LogP contribution < -0.4 is 4.52 Å². The maximum Gasteiger partial charge on any atom is 0.304 e. The van der Waals surface area contributed by atoms with E-state index in [-0.39, 0.29) is 62.0 Å². The zero-order valence-corrected chi connectivity index (χ0v) is 22.7. The van der Waals surface area contributed by atoms with Crippen LogP contribution >= 0.6 is 9.03 Å². The van der Waals surface area contributed by atoms with Gasteiger partial charge in [-0.05, 0) is 63.6 Å². The van der Waals surface area contributed by atoms with Gasteiger partial charge in [0.1, 0.15) is 11.5 Å². The Labute approximate surface area is 209 Å². The van der Waals surface area contributed by atoms with E-state index in [9.17, 15) is 9.90 Å². The molecule has 3 atom stereocenters. The van der Waals surface area contributed by atoms with Crippen LogP contribution in [0.1, 0.15) is 83.3 Å². The van der Waals surface area contributed by atoms with E-state index in [2.05, 4.69) is 19.9 Å². The Kier molecular flexibility index (Phi) is 12.9. The van der Waals surface area contributed by atoms with Gasteiger partial charge in [-0.2, -0.15) is 0 Å². The van der Waals surface area contributed by atoms with E-state index in [0.717, 1.165) is 56.1 Å². The van der Waals surface area contributed by atoms with Gasteiger partial charge in [0.2, 0.25) is 15.3 Å². The number of aryl methyl sites for hydroxylation is 1. The minimum atomic E-state index is -0.669. The average molecular weight is 549 g/mol. The molecule has 159 valence electrons. The van der Waals surface area contributed by atoms with Gasteiger partial charge in [-0.15, -0.1) is 0 Å². The van der Waals surface area contributed by atoms with Crippen molar-refractivity contribution in [3.63, 3.8) is 0 Å². The number of esters is 1. The van der Waals surface area contributed by atoms with Crippen molar-refractivity contribution in [3.8, 4) is 11.5 Å². The zero-order valence-electron chi connectivity index (χ0n) is 18.0. The predicted octanol–water partition coefficient (Wildman–Crippen LogP) is 6.15. The van der Waals surface area contributed by atoms with Gasteiger partial charge in [-0.1, -0.05) is 31.4 Å². The fourth-order valence-corrected chi connectivity index (χ4v) is 4.07. The Bertz CT molecular complexity index is 692. The number of hydrogen-bond donors (Lipinski definition) is 1.